The Bertz CT molecular complexity index is 321. The molecule has 0 amide bonds. The fraction of sp³-hybridized carbons (Fsp3) is 0.273. The van der Waals surface area contributed by atoms with Crippen LogP contribution in [-0.4, -0.2) is 11.7 Å². The van der Waals surface area contributed by atoms with Crippen LogP contribution in [0.1, 0.15) is 18.6 Å². The summed E-state index contributed by atoms with van der Waals surface area (Å²) in [4.78, 5) is 0. The van der Waals surface area contributed by atoms with Gasteiger partial charge in [-0.2, -0.15) is 0 Å². The summed E-state index contributed by atoms with van der Waals surface area (Å²) in [5, 5.41) is 10.1. The highest BCUT2D eigenvalue weighted by atomic mass is 35.5. The first-order chi connectivity index (χ1) is 6.65. The predicted molar refractivity (Wildman–Crippen MR) is 57.8 cm³/mol. The van der Waals surface area contributed by atoms with Gasteiger partial charge in [-0.3, -0.25) is 0 Å². The maximum Gasteiger partial charge on any atom is 0.125 e. The quantitative estimate of drug-likeness (QED) is 0.778. The summed E-state index contributed by atoms with van der Waals surface area (Å²) in [7, 11) is 0. The third-order valence-corrected chi connectivity index (χ3v) is 2.01. The van der Waals surface area contributed by atoms with Gasteiger partial charge in [0.1, 0.15) is 12.4 Å². The second-order valence-electron chi connectivity index (χ2n) is 2.96. The van der Waals surface area contributed by atoms with E-state index < -0.39 is 6.10 Å². The molecule has 0 radical (unpaired) electrons. The molecule has 1 unspecified atom stereocenters. The highest BCUT2D eigenvalue weighted by Crippen LogP contribution is 2.28. The zero-order chi connectivity index (χ0) is 10.6. The van der Waals surface area contributed by atoms with Crippen LogP contribution in [0.4, 0.5) is 0 Å². The number of benzene rings is 1. The number of hydrogen-bond donors (Lipinski definition) is 1. The zero-order valence-corrected chi connectivity index (χ0v) is 8.79. The third kappa shape index (κ3) is 2.76. The average Bonchev–Trinajstić information content (AvgIpc) is 2.15. The van der Waals surface area contributed by atoms with Gasteiger partial charge in [0.15, 0.2) is 0 Å². The molecular formula is C11H13ClO2. The lowest BCUT2D eigenvalue weighted by molar-refractivity contribution is 0.193. The molecule has 0 saturated heterocycles. The van der Waals surface area contributed by atoms with Gasteiger partial charge in [0.25, 0.3) is 0 Å². The van der Waals surface area contributed by atoms with Crippen molar-refractivity contribution < 1.29 is 9.84 Å². The van der Waals surface area contributed by atoms with E-state index in [0.717, 1.165) is 0 Å². The lowest BCUT2D eigenvalue weighted by Crippen LogP contribution is -2.00. The summed E-state index contributed by atoms with van der Waals surface area (Å²) in [5.74, 6) is 0.643. The number of aliphatic hydroxyl groups excluding tert-OH is 1. The van der Waals surface area contributed by atoms with E-state index in [1.807, 2.05) is 0 Å². The topological polar surface area (TPSA) is 29.5 Å². The van der Waals surface area contributed by atoms with Gasteiger partial charge < -0.3 is 9.84 Å². The molecule has 14 heavy (non-hydrogen) atoms. The highest BCUT2D eigenvalue weighted by Gasteiger charge is 2.09. The van der Waals surface area contributed by atoms with Crippen molar-refractivity contribution in [1.29, 1.82) is 0 Å². The van der Waals surface area contributed by atoms with Gasteiger partial charge in [-0.05, 0) is 25.1 Å². The standard InChI is InChI=1S/C11H13ClO2/c1-3-6-14-11-5-4-9(12)7-10(11)8(2)13/h3-5,7-8,13H,1,6H2,2H3. The lowest BCUT2D eigenvalue weighted by atomic mass is 10.1. The maximum absolute atomic E-state index is 9.46. The van der Waals surface area contributed by atoms with Gasteiger partial charge in [0.2, 0.25) is 0 Å². The van der Waals surface area contributed by atoms with E-state index in [9.17, 15) is 5.11 Å². The van der Waals surface area contributed by atoms with E-state index in [4.69, 9.17) is 16.3 Å². The molecule has 0 aliphatic carbocycles. The average molecular weight is 213 g/mol. The van der Waals surface area contributed by atoms with Crippen LogP contribution >= 0.6 is 11.6 Å². The van der Waals surface area contributed by atoms with Crippen LogP contribution < -0.4 is 4.74 Å². The summed E-state index contributed by atoms with van der Waals surface area (Å²) in [5.41, 5.74) is 0.694. The number of rotatable bonds is 4. The first-order valence-electron chi connectivity index (χ1n) is 4.36. The van der Waals surface area contributed by atoms with Gasteiger partial charge in [-0.25, -0.2) is 0 Å². The molecular weight excluding hydrogens is 200 g/mol. The molecule has 1 atom stereocenters. The summed E-state index contributed by atoms with van der Waals surface area (Å²) in [6.07, 6.45) is 1.06. The highest BCUT2D eigenvalue weighted by molar-refractivity contribution is 6.30. The Morgan fingerprint density at radius 3 is 2.93 bits per heavy atom. The lowest BCUT2D eigenvalue weighted by Gasteiger charge is -2.12. The van der Waals surface area contributed by atoms with Gasteiger partial charge in [0, 0.05) is 10.6 Å². The first kappa shape index (κ1) is 11.1. The zero-order valence-electron chi connectivity index (χ0n) is 8.03. The molecule has 0 aliphatic rings. The van der Waals surface area contributed by atoms with Gasteiger partial charge in [-0.15, -0.1) is 0 Å². The molecule has 1 aromatic carbocycles. The summed E-state index contributed by atoms with van der Waals surface area (Å²) in [6.45, 7) is 5.65. The molecule has 1 N–H and O–H groups in total. The van der Waals surface area contributed by atoms with Gasteiger partial charge >= 0.3 is 0 Å². The fourth-order valence-electron chi connectivity index (χ4n) is 1.13. The van der Waals surface area contributed by atoms with Crippen LogP contribution in [-0.2, 0) is 0 Å². The van der Waals surface area contributed by atoms with E-state index in [1.54, 1.807) is 31.2 Å². The number of hydrogen-bond acceptors (Lipinski definition) is 2. The van der Waals surface area contributed by atoms with E-state index in [1.165, 1.54) is 0 Å². The van der Waals surface area contributed by atoms with Crippen molar-refractivity contribution >= 4 is 11.6 Å². The Labute approximate surface area is 88.8 Å². The minimum absolute atomic E-state index is 0.418. The Morgan fingerprint density at radius 2 is 2.36 bits per heavy atom. The largest absolute Gasteiger partial charge is 0.489 e. The Balaban J connectivity index is 2.95. The van der Waals surface area contributed by atoms with Crippen molar-refractivity contribution in [3.63, 3.8) is 0 Å². The second kappa shape index (κ2) is 5.03. The molecule has 76 valence electrons. The summed E-state index contributed by atoms with van der Waals surface area (Å²) < 4.78 is 5.37. The Kier molecular flexibility index (Phi) is 3.98. The molecule has 0 aliphatic heterocycles. The number of halogens is 1. The number of aliphatic hydroxyl groups is 1. The van der Waals surface area contributed by atoms with Gasteiger partial charge in [0.05, 0.1) is 6.10 Å². The summed E-state index contributed by atoms with van der Waals surface area (Å²) >= 11 is 5.81. The number of ether oxygens (including phenoxy) is 1. The Morgan fingerprint density at radius 1 is 1.64 bits per heavy atom. The van der Waals surface area contributed by atoms with E-state index in [-0.39, 0.29) is 0 Å². The predicted octanol–water partition coefficient (Wildman–Crippen LogP) is 2.96. The molecule has 0 bridgehead atoms. The molecule has 3 heteroatoms. The first-order valence-corrected chi connectivity index (χ1v) is 4.74. The van der Waals surface area contributed by atoms with Crippen LogP contribution in [0, 0.1) is 0 Å². The second-order valence-corrected chi connectivity index (χ2v) is 3.39. The van der Waals surface area contributed by atoms with E-state index >= 15 is 0 Å². The minimum atomic E-state index is -0.589. The van der Waals surface area contributed by atoms with Gasteiger partial charge in [-0.1, -0.05) is 24.3 Å². The molecule has 1 aromatic rings. The molecule has 0 heterocycles. The molecule has 0 saturated carbocycles. The van der Waals surface area contributed by atoms with Crippen molar-refractivity contribution in [2.45, 2.75) is 13.0 Å². The Hall–Kier alpha value is -0.990. The van der Waals surface area contributed by atoms with Crippen LogP contribution in [0.5, 0.6) is 5.75 Å². The normalized spacial score (nSPS) is 12.2. The van der Waals surface area contributed by atoms with Crippen molar-refractivity contribution in [3.8, 4) is 5.75 Å². The molecule has 1 rings (SSSR count). The van der Waals surface area contributed by atoms with Crippen LogP contribution in [0.2, 0.25) is 5.02 Å². The molecule has 0 spiro atoms. The van der Waals surface area contributed by atoms with E-state index in [2.05, 4.69) is 6.58 Å². The SMILES string of the molecule is C=CCOc1ccc(Cl)cc1C(C)O. The van der Waals surface area contributed by atoms with E-state index in [0.29, 0.717) is 22.9 Å². The van der Waals surface area contributed by atoms with Crippen molar-refractivity contribution in [2.75, 3.05) is 6.61 Å². The summed E-state index contributed by atoms with van der Waals surface area (Å²) in [6, 6.07) is 5.17. The fourth-order valence-corrected chi connectivity index (χ4v) is 1.31. The minimum Gasteiger partial charge on any atom is -0.489 e. The third-order valence-electron chi connectivity index (χ3n) is 1.78. The van der Waals surface area contributed by atoms with Crippen LogP contribution in [0.25, 0.3) is 0 Å². The smallest absolute Gasteiger partial charge is 0.125 e. The van der Waals surface area contributed by atoms with Crippen molar-refractivity contribution in [1.82, 2.24) is 0 Å². The molecule has 0 fully saturated rings. The molecule has 2 nitrogen and oxygen atoms in total. The maximum atomic E-state index is 9.46. The monoisotopic (exact) mass is 212 g/mol. The molecule has 0 aromatic heterocycles. The van der Waals surface area contributed by atoms with Crippen LogP contribution in [0.3, 0.4) is 0 Å². The van der Waals surface area contributed by atoms with Crippen molar-refractivity contribution in [3.05, 3.63) is 41.4 Å². The van der Waals surface area contributed by atoms with Crippen LogP contribution in [0.15, 0.2) is 30.9 Å². The van der Waals surface area contributed by atoms with Crippen molar-refractivity contribution in [2.24, 2.45) is 0 Å².